The second kappa shape index (κ2) is 10.7. The van der Waals surface area contributed by atoms with Crippen molar-refractivity contribution in [3.05, 3.63) is 79.9 Å². The average molecular weight is 551 g/mol. The van der Waals surface area contributed by atoms with E-state index in [1.807, 2.05) is 68.4 Å². The molecule has 7 heteroatoms. The summed E-state index contributed by atoms with van der Waals surface area (Å²) >= 11 is 8.39. The lowest BCUT2D eigenvalue weighted by molar-refractivity contribution is -0.118. The summed E-state index contributed by atoms with van der Waals surface area (Å²) in [5, 5.41) is 6.97. The van der Waals surface area contributed by atoms with Crippen LogP contribution in [0, 0.1) is 17.4 Å². The Morgan fingerprint density at radius 2 is 1.87 bits per heavy atom. The van der Waals surface area contributed by atoms with E-state index in [0.717, 1.165) is 36.7 Å². The van der Waals surface area contributed by atoms with Crippen LogP contribution in [0.2, 0.25) is 5.02 Å². The molecular formula is C24H24ClIN2O3. The number of methoxy groups -OCH3 is 1. The van der Waals surface area contributed by atoms with Gasteiger partial charge in [-0.1, -0.05) is 29.8 Å². The number of ether oxygens (including phenoxy) is 2. The van der Waals surface area contributed by atoms with Gasteiger partial charge in [0, 0.05) is 22.9 Å². The van der Waals surface area contributed by atoms with Crippen LogP contribution in [-0.4, -0.2) is 19.6 Å². The fourth-order valence-corrected chi connectivity index (χ4v) is 4.07. The third-order valence-electron chi connectivity index (χ3n) is 4.69. The zero-order chi connectivity index (χ0) is 22.4. The van der Waals surface area contributed by atoms with Crippen molar-refractivity contribution in [1.82, 2.24) is 0 Å². The van der Waals surface area contributed by atoms with Gasteiger partial charge in [-0.05, 0) is 89.5 Å². The quantitative estimate of drug-likeness (QED) is 0.328. The van der Waals surface area contributed by atoms with Crippen molar-refractivity contribution in [2.45, 2.75) is 20.4 Å². The van der Waals surface area contributed by atoms with E-state index in [9.17, 15) is 4.79 Å². The van der Waals surface area contributed by atoms with E-state index in [1.165, 1.54) is 0 Å². The number of carbonyl (C=O) groups is 1. The van der Waals surface area contributed by atoms with Crippen LogP contribution >= 0.6 is 34.2 Å². The summed E-state index contributed by atoms with van der Waals surface area (Å²) in [4.78, 5) is 12.3. The summed E-state index contributed by atoms with van der Waals surface area (Å²) in [7, 11) is 1.59. The minimum absolute atomic E-state index is 0.111. The predicted molar refractivity (Wildman–Crippen MR) is 135 cm³/mol. The molecule has 2 N–H and O–H groups in total. The minimum atomic E-state index is -0.231. The van der Waals surface area contributed by atoms with Crippen LogP contribution in [0.4, 0.5) is 11.4 Å². The van der Waals surface area contributed by atoms with Crippen LogP contribution in [0.5, 0.6) is 11.5 Å². The number of hydrogen-bond donors (Lipinski definition) is 2. The Balaban J connectivity index is 1.66. The van der Waals surface area contributed by atoms with Gasteiger partial charge in [-0.25, -0.2) is 0 Å². The summed E-state index contributed by atoms with van der Waals surface area (Å²) in [5.41, 5.74) is 4.83. The molecule has 0 saturated carbocycles. The van der Waals surface area contributed by atoms with Crippen molar-refractivity contribution in [1.29, 1.82) is 0 Å². The largest absolute Gasteiger partial charge is 0.493 e. The van der Waals surface area contributed by atoms with E-state index in [4.69, 9.17) is 21.1 Å². The number of hydrogen-bond acceptors (Lipinski definition) is 4. The molecule has 0 aliphatic heterocycles. The maximum atomic E-state index is 12.3. The molecule has 0 radical (unpaired) electrons. The third kappa shape index (κ3) is 6.27. The standard InChI is InChI=1S/C24H24ClIN2O3/c1-15-6-4-7-18(10-15)28-23(29)14-31-24-20(26)11-17(12-22(24)30-3)13-27-21-9-5-8-19(25)16(21)2/h4-12,27H,13-14H2,1-3H3,(H,28,29). The van der Waals surface area contributed by atoms with Gasteiger partial charge in [-0.3, -0.25) is 4.79 Å². The number of aryl methyl sites for hydroxylation is 1. The number of rotatable bonds is 8. The fraction of sp³-hybridized carbons (Fsp3) is 0.208. The smallest absolute Gasteiger partial charge is 0.262 e. The van der Waals surface area contributed by atoms with Crippen molar-refractivity contribution in [2.24, 2.45) is 0 Å². The number of amides is 1. The molecule has 31 heavy (non-hydrogen) atoms. The first-order valence-corrected chi connectivity index (χ1v) is 11.2. The van der Waals surface area contributed by atoms with E-state index in [1.54, 1.807) is 7.11 Å². The van der Waals surface area contributed by atoms with Gasteiger partial charge in [-0.15, -0.1) is 0 Å². The molecule has 0 heterocycles. The van der Waals surface area contributed by atoms with Crippen LogP contribution in [-0.2, 0) is 11.3 Å². The lowest BCUT2D eigenvalue weighted by atomic mass is 10.1. The molecule has 0 aromatic heterocycles. The lowest BCUT2D eigenvalue weighted by Crippen LogP contribution is -2.20. The molecule has 3 aromatic carbocycles. The van der Waals surface area contributed by atoms with Gasteiger partial charge >= 0.3 is 0 Å². The van der Waals surface area contributed by atoms with Crippen LogP contribution < -0.4 is 20.1 Å². The average Bonchev–Trinajstić information content (AvgIpc) is 2.73. The molecule has 0 aliphatic rings. The molecule has 0 bridgehead atoms. The number of halogens is 2. The van der Waals surface area contributed by atoms with Crippen molar-refractivity contribution in [3.63, 3.8) is 0 Å². The second-order valence-electron chi connectivity index (χ2n) is 7.08. The highest BCUT2D eigenvalue weighted by Crippen LogP contribution is 2.34. The SMILES string of the molecule is COc1cc(CNc2cccc(Cl)c2C)cc(I)c1OCC(=O)Nc1cccc(C)c1. The molecule has 0 fully saturated rings. The van der Waals surface area contributed by atoms with Gasteiger partial charge in [0.05, 0.1) is 10.7 Å². The van der Waals surface area contributed by atoms with Crippen molar-refractivity contribution in [3.8, 4) is 11.5 Å². The first-order valence-electron chi connectivity index (χ1n) is 9.72. The zero-order valence-electron chi connectivity index (χ0n) is 17.6. The summed E-state index contributed by atoms with van der Waals surface area (Å²) in [6.45, 7) is 4.44. The van der Waals surface area contributed by atoms with E-state index in [0.29, 0.717) is 18.0 Å². The van der Waals surface area contributed by atoms with Gasteiger partial charge in [0.15, 0.2) is 18.1 Å². The molecule has 0 spiro atoms. The molecule has 3 aromatic rings. The highest BCUT2D eigenvalue weighted by molar-refractivity contribution is 14.1. The highest BCUT2D eigenvalue weighted by atomic mass is 127. The first-order chi connectivity index (χ1) is 14.9. The van der Waals surface area contributed by atoms with Crippen LogP contribution in [0.3, 0.4) is 0 Å². The van der Waals surface area contributed by atoms with Crippen LogP contribution in [0.15, 0.2) is 54.6 Å². The molecule has 0 saturated heterocycles. The summed E-state index contributed by atoms with van der Waals surface area (Å²) in [6.07, 6.45) is 0. The Kier molecular flexibility index (Phi) is 8.03. The molecule has 1 amide bonds. The van der Waals surface area contributed by atoms with Gasteiger partial charge in [0.2, 0.25) is 0 Å². The molecule has 0 aliphatic carbocycles. The molecule has 5 nitrogen and oxygen atoms in total. The Hall–Kier alpha value is -2.45. The third-order valence-corrected chi connectivity index (χ3v) is 5.90. The summed E-state index contributed by atoms with van der Waals surface area (Å²) in [5.74, 6) is 0.894. The highest BCUT2D eigenvalue weighted by Gasteiger charge is 2.14. The van der Waals surface area contributed by atoms with Crippen LogP contribution in [0.25, 0.3) is 0 Å². The van der Waals surface area contributed by atoms with Gasteiger partial charge < -0.3 is 20.1 Å². The normalized spacial score (nSPS) is 10.5. The number of anilines is 2. The number of carbonyl (C=O) groups excluding carboxylic acids is 1. The molecular weight excluding hydrogens is 527 g/mol. The maximum Gasteiger partial charge on any atom is 0.262 e. The zero-order valence-corrected chi connectivity index (χ0v) is 20.5. The number of benzene rings is 3. The van der Waals surface area contributed by atoms with Crippen molar-refractivity contribution >= 4 is 51.5 Å². The predicted octanol–water partition coefficient (Wildman–Crippen LogP) is 6.20. The van der Waals surface area contributed by atoms with E-state index in [2.05, 4.69) is 33.2 Å². The topological polar surface area (TPSA) is 59.6 Å². The monoisotopic (exact) mass is 550 g/mol. The minimum Gasteiger partial charge on any atom is -0.493 e. The molecule has 0 unspecified atom stereocenters. The Morgan fingerprint density at radius 3 is 2.61 bits per heavy atom. The summed E-state index contributed by atoms with van der Waals surface area (Å²) < 4.78 is 12.2. The fourth-order valence-electron chi connectivity index (χ4n) is 3.07. The molecule has 162 valence electrons. The Labute approximate surface area is 201 Å². The number of nitrogens with one attached hydrogen (secondary N) is 2. The van der Waals surface area contributed by atoms with E-state index >= 15 is 0 Å². The van der Waals surface area contributed by atoms with Crippen molar-refractivity contribution in [2.75, 3.05) is 24.4 Å². The Morgan fingerprint density at radius 1 is 1.10 bits per heavy atom. The summed E-state index contributed by atoms with van der Waals surface area (Å²) in [6, 6.07) is 17.3. The van der Waals surface area contributed by atoms with Crippen LogP contribution in [0.1, 0.15) is 16.7 Å². The molecule has 0 atom stereocenters. The van der Waals surface area contributed by atoms with E-state index < -0.39 is 0 Å². The van der Waals surface area contributed by atoms with Gasteiger partial charge in [0.25, 0.3) is 5.91 Å². The Bertz CT molecular complexity index is 1090. The lowest BCUT2D eigenvalue weighted by Gasteiger charge is -2.16. The van der Waals surface area contributed by atoms with Crippen molar-refractivity contribution < 1.29 is 14.3 Å². The maximum absolute atomic E-state index is 12.3. The molecule has 3 rings (SSSR count). The van der Waals surface area contributed by atoms with E-state index in [-0.39, 0.29) is 12.5 Å². The second-order valence-corrected chi connectivity index (χ2v) is 8.65. The first kappa shape index (κ1) is 23.2. The van der Waals surface area contributed by atoms with Gasteiger partial charge in [-0.2, -0.15) is 0 Å². The van der Waals surface area contributed by atoms with Gasteiger partial charge in [0.1, 0.15) is 0 Å².